The zero-order valence-electron chi connectivity index (χ0n) is 13.2. The first-order chi connectivity index (χ1) is 9.62. The molecule has 0 atom stereocenters. The second kappa shape index (κ2) is 12.9. The fourth-order valence-electron chi connectivity index (χ4n) is 2.10. The molecule has 0 aromatic heterocycles. The third kappa shape index (κ3) is 17.9. The van der Waals surface area contributed by atoms with Crippen molar-refractivity contribution in [2.45, 2.75) is 84.0 Å². The van der Waals surface area contributed by atoms with E-state index in [0.717, 1.165) is 12.8 Å². The minimum atomic E-state index is -4.07. The molecule has 0 aromatic carbocycles. The lowest BCUT2D eigenvalue weighted by Crippen LogP contribution is -2.04. The topological polar surface area (TPSA) is 63.6 Å². The van der Waals surface area contributed by atoms with Gasteiger partial charge in [-0.25, -0.2) is 4.18 Å². The molecule has 0 aliphatic carbocycles. The zero-order valence-corrected chi connectivity index (χ0v) is 13.1. The van der Waals surface area contributed by atoms with Crippen molar-refractivity contribution >= 4 is 10.4 Å². The van der Waals surface area contributed by atoms with Gasteiger partial charge in [0, 0.05) is 0 Å². The van der Waals surface area contributed by atoms with Crippen molar-refractivity contribution in [3.63, 3.8) is 0 Å². The number of hydrogen-bond acceptors (Lipinski definition) is 4. The Morgan fingerprint density at radius 1 is 0.842 bits per heavy atom. The molecule has 0 radical (unpaired) electrons. The monoisotopic (exact) mass is 295 g/mol. The molecule has 0 unspecified atom stereocenters. The molecule has 19 heavy (non-hydrogen) atoms. The van der Waals surface area contributed by atoms with Crippen molar-refractivity contribution in [3.8, 4) is 0 Å². The molecular formula is C14H30O4S. The highest BCUT2D eigenvalue weighted by molar-refractivity contribution is 7.80. The van der Waals surface area contributed by atoms with Crippen LogP contribution < -0.4 is 0 Å². The van der Waals surface area contributed by atoms with Crippen LogP contribution in [0, 0.1) is 0 Å². The molecule has 4 nitrogen and oxygen atoms in total. The van der Waals surface area contributed by atoms with Crippen LogP contribution in [0.1, 0.15) is 84.0 Å². The molecule has 0 saturated carbocycles. The summed E-state index contributed by atoms with van der Waals surface area (Å²) in [7, 11) is -4.07. The average molecular weight is 295 g/mol. The van der Waals surface area contributed by atoms with Gasteiger partial charge in [0.2, 0.25) is 1.43 Å². The molecule has 0 aromatic rings. The molecule has 0 aliphatic heterocycles. The Bertz CT molecular complexity index is 294. The van der Waals surface area contributed by atoms with Crippen molar-refractivity contribution in [3.05, 3.63) is 0 Å². The summed E-state index contributed by atoms with van der Waals surface area (Å²) in [6.07, 6.45) is 14.7. The summed E-state index contributed by atoms with van der Waals surface area (Å²) in [5.41, 5.74) is 0. The van der Waals surface area contributed by atoms with Crippen LogP contribution in [0.25, 0.3) is 1.43 Å². The van der Waals surface area contributed by atoms with E-state index in [1.165, 1.54) is 57.8 Å². The maximum atomic E-state index is 10.7. The normalized spacial score (nSPS) is 12.6. The lowest BCUT2D eigenvalue weighted by atomic mass is 10.1. The summed E-state index contributed by atoms with van der Waals surface area (Å²) >= 11 is 0. The van der Waals surface area contributed by atoms with E-state index in [1.54, 1.807) is 0 Å². The van der Waals surface area contributed by atoms with Gasteiger partial charge >= 0.3 is 10.4 Å². The number of hydrogen-bond donors (Lipinski definition) is 1. The fraction of sp³-hybridized carbons (Fsp3) is 1.00. The van der Waals surface area contributed by atoms with E-state index in [-0.39, 0.29) is 6.61 Å². The predicted molar refractivity (Wildman–Crippen MR) is 78.6 cm³/mol. The summed E-state index contributed by atoms with van der Waals surface area (Å²) in [6.45, 7) is 2.35. The SMILES string of the molecule is [2H]OS(=O)(=O)OCCCCCCCCCCCCCC. The molecular weight excluding hydrogens is 264 g/mol. The van der Waals surface area contributed by atoms with E-state index in [2.05, 4.69) is 15.7 Å². The highest BCUT2D eigenvalue weighted by Crippen LogP contribution is 2.11. The minimum Gasteiger partial charge on any atom is -0.264 e. The molecule has 0 amide bonds. The van der Waals surface area contributed by atoms with Gasteiger partial charge in [-0.2, -0.15) is 8.42 Å². The Morgan fingerprint density at radius 3 is 1.68 bits per heavy atom. The van der Waals surface area contributed by atoms with Gasteiger partial charge in [-0.3, -0.25) is 4.56 Å². The van der Waals surface area contributed by atoms with Crippen LogP contribution in [0.15, 0.2) is 0 Å². The lowest BCUT2D eigenvalue weighted by Gasteiger charge is -2.02. The van der Waals surface area contributed by atoms with Crippen LogP contribution in [0.3, 0.4) is 0 Å². The third-order valence-corrected chi connectivity index (χ3v) is 3.68. The maximum absolute atomic E-state index is 10.7. The first kappa shape index (κ1) is 16.9. The quantitative estimate of drug-likeness (QED) is 0.357. The highest BCUT2D eigenvalue weighted by atomic mass is 32.3. The third-order valence-electron chi connectivity index (χ3n) is 3.23. The Hall–Kier alpha value is -0.130. The molecule has 0 heterocycles. The Kier molecular flexibility index (Phi) is 11.5. The molecule has 0 spiro atoms. The van der Waals surface area contributed by atoms with Crippen LogP contribution in [-0.4, -0.2) is 19.6 Å². The molecule has 1 N–H and O–H groups in total. The summed E-state index contributed by atoms with van der Waals surface area (Å²) in [6, 6.07) is 0. The van der Waals surface area contributed by atoms with Gasteiger partial charge in [0.1, 0.15) is 0 Å². The van der Waals surface area contributed by atoms with E-state index in [4.69, 9.17) is 1.43 Å². The van der Waals surface area contributed by atoms with Gasteiger partial charge in [0.25, 0.3) is 0 Å². The predicted octanol–water partition coefficient (Wildman–Crippen LogP) is 4.51. The van der Waals surface area contributed by atoms with Crippen molar-refractivity contribution in [2.24, 2.45) is 0 Å². The fourth-order valence-corrected chi connectivity index (χ4v) is 2.43. The lowest BCUT2D eigenvalue weighted by molar-refractivity contribution is 0.261. The second-order valence-corrected chi connectivity index (χ2v) is 6.17. The zero-order chi connectivity index (χ0) is 15.1. The smallest absolute Gasteiger partial charge is 0.264 e. The summed E-state index contributed by atoms with van der Waals surface area (Å²) in [5, 5.41) is 0. The van der Waals surface area contributed by atoms with Crippen LogP contribution in [0.2, 0.25) is 0 Å². The molecule has 0 fully saturated rings. The largest absolute Gasteiger partial charge is 0.397 e. The highest BCUT2D eigenvalue weighted by Gasteiger charge is 2.02. The van der Waals surface area contributed by atoms with Crippen LogP contribution in [0.4, 0.5) is 0 Å². The second-order valence-electron chi connectivity index (χ2n) is 5.12. The average Bonchev–Trinajstić information content (AvgIpc) is 2.44. The first-order valence-corrected chi connectivity index (χ1v) is 9.00. The Labute approximate surface area is 120 Å². The molecule has 0 rings (SSSR count). The van der Waals surface area contributed by atoms with E-state index in [1.807, 2.05) is 0 Å². The Balaban J connectivity index is 3.10. The number of rotatable bonds is 15. The van der Waals surface area contributed by atoms with Gasteiger partial charge in [-0.1, -0.05) is 77.6 Å². The van der Waals surface area contributed by atoms with Crippen molar-refractivity contribution < 1.29 is 17.2 Å². The van der Waals surface area contributed by atoms with Crippen LogP contribution in [0.5, 0.6) is 0 Å². The molecule has 0 aliphatic rings. The van der Waals surface area contributed by atoms with E-state index in [9.17, 15) is 8.42 Å². The van der Waals surface area contributed by atoms with E-state index >= 15 is 0 Å². The number of unbranched alkanes of at least 4 members (excludes halogenated alkanes) is 11. The standard InChI is InChI=1S/C14H30O4S/c1-2-3-4-5-6-7-8-9-10-11-12-13-14-18-19(15,16)17/h2-14H2,1H3,(H,15,16,17)/i/hD. The molecule has 0 bridgehead atoms. The Morgan fingerprint density at radius 2 is 1.26 bits per heavy atom. The van der Waals surface area contributed by atoms with Gasteiger partial charge in [-0.05, 0) is 6.42 Å². The van der Waals surface area contributed by atoms with Gasteiger partial charge < -0.3 is 0 Å². The van der Waals surface area contributed by atoms with Gasteiger partial charge in [0.05, 0.1) is 6.61 Å². The molecule has 5 heteroatoms. The van der Waals surface area contributed by atoms with Crippen LogP contribution in [-0.2, 0) is 14.6 Å². The van der Waals surface area contributed by atoms with Crippen molar-refractivity contribution in [1.29, 1.82) is 1.43 Å². The minimum absolute atomic E-state index is 0.110. The summed E-state index contributed by atoms with van der Waals surface area (Å²) in [4.78, 5) is 0. The van der Waals surface area contributed by atoms with Gasteiger partial charge in [0.15, 0.2) is 0 Å². The van der Waals surface area contributed by atoms with Crippen molar-refractivity contribution in [1.82, 2.24) is 0 Å². The molecule has 0 saturated heterocycles. The van der Waals surface area contributed by atoms with Gasteiger partial charge in [-0.15, -0.1) is 0 Å². The summed E-state index contributed by atoms with van der Waals surface area (Å²) < 4.78 is 35.5. The maximum Gasteiger partial charge on any atom is 0.397 e. The van der Waals surface area contributed by atoms with Crippen LogP contribution >= 0.6 is 0 Å². The first-order valence-electron chi connectivity index (χ1n) is 8.07. The van der Waals surface area contributed by atoms with E-state index in [0.29, 0.717) is 6.42 Å². The van der Waals surface area contributed by atoms with E-state index < -0.39 is 10.4 Å². The van der Waals surface area contributed by atoms with Crippen molar-refractivity contribution in [2.75, 3.05) is 6.61 Å². The molecule has 116 valence electrons. The summed E-state index contributed by atoms with van der Waals surface area (Å²) in [5.74, 6) is 0.